The lowest BCUT2D eigenvalue weighted by Gasteiger charge is -2.40. The van der Waals surface area contributed by atoms with Gasteiger partial charge in [-0.05, 0) is 33.6 Å². The molecule has 1 aliphatic carbocycles. The first-order chi connectivity index (χ1) is 7.44. The maximum atomic E-state index is 11.9. The van der Waals surface area contributed by atoms with E-state index in [-0.39, 0.29) is 5.97 Å². The number of rotatable bonds is 3. The molecule has 0 amide bonds. The van der Waals surface area contributed by atoms with E-state index in [1.807, 2.05) is 0 Å². The van der Waals surface area contributed by atoms with Crippen LogP contribution in [0.2, 0.25) is 0 Å². The number of ether oxygens (including phenoxy) is 1. The fourth-order valence-electron chi connectivity index (χ4n) is 2.44. The summed E-state index contributed by atoms with van der Waals surface area (Å²) in [5, 5.41) is 10.7. The summed E-state index contributed by atoms with van der Waals surface area (Å²) >= 11 is 0. The largest absolute Gasteiger partial charge is 0.465 e. The van der Waals surface area contributed by atoms with Crippen LogP contribution in [0.1, 0.15) is 59.3 Å². The van der Waals surface area contributed by atoms with Gasteiger partial charge >= 0.3 is 5.97 Å². The van der Waals surface area contributed by atoms with Crippen LogP contribution in [0.3, 0.4) is 0 Å². The summed E-state index contributed by atoms with van der Waals surface area (Å²) in [5.41, 5.74) is -1.69. The number of carbonyl (C=O) groups excluding carboxylic acids is 1. The summed E-state index contributed by atoms with van der Waals surface area (Å²) in [6.45, 7) is 5.77. The van der Waals surface area contributed by atoms with Crippen molar-refractivity contribution in [2.24, 2.45) is 5.41 Å². The number of aliphatic hydroxyl groups is 1. The summed E-state index contributed by atoms with van der Waals surface area (Å²) in [6, 6.07) is 0. The smallest absolute Gasteiger partial charge is 0.314 e. The summed E-state index contributed by atoms with van der Waals surface area (Å²) in [7, 11) is 0. The Morgan fingerprint density at radius 3 is 2.19 bits per heavy atom. The van der Waals surface area contributed by atoms with Crippen molar-refractivity contribution in [1.29, 1.82) is 0 Å². The molecule has 0 heterocycles. The topological polar surface area (TPSA) is 46.5 Å². The van der Waals surface area contributed by atoms with Crippen molar-refractivity contribution in [2.45, 2.75) is 64.9 Å². The number of esters is 1. The molecule has 0 spiro atoms. The van der Waals surface area contributed by atoms with Gasteiger partial charge in [0.1, 0.15) is 0 Å². The van der Waals surface area contributed by atoms with Crippen LogP contribution in [0.25, 0.3) is 0 Å². The molecule has 3 heteroatoms. The summed E-state index contributed by atoms with van der Waals surface area (Å²) in [5.74, 6) is -0.278. The Hall–Kier alpha value is -0.570. The third-order valence-electron chi connectivity index (χ3n) is 3.88. The number of hydrogen-bond donors (Lipinski definition) is 1. The zero-order chi connectivity index (χ0) is 12.2. The highest BCUT2D eigenvalue weighted by molar-refractivity contribution is 5.77. The van der Waals surface area contributed by atoms with Crippen molar-refractivity contribution in [3.05, 3.63) is 0 Å². The van der Waals surface area contributed by atoms with Gasteiger partial charge < -0.3 is 9.84 Å². The van der Waals surface area contributed by atoms with E-state index in [9.17, 15) is 9.90 Å². The monoisotopic (exact) mass is 228 g/mol. The van der Waals surface area contributed by atoms with Crippen LogP contribution in [0.4, 0.5) is 0 Å². The van der Waals surface area contributed by atoms with Crippen molar-refractivity contribution in [1.82, 2.24) is 0 Å². The molecule has 1 aliphatic rings. The molecule has 0 aliphatic heterocycles. The van der Waals surface area contributed by atoms with Crippen LogP contribution in [-0.4, -0.2) is 23.3 Å². The average molecular weight is 228 g/mol. The third-order valence-corrected chi connectivity index (χ3v) is 3.88. The predicted molar refractivity (Wildman–Crippen MR) is 63.1 cm³/mol. The molecular weight excluding hydrogens is 204 g/mol. The first-order valence-electron chi connectivity index (χ1n) is 6.33. The molecule has 3 nitrogen and oxygen atoms in total. The Balaban J connectivity index is 2.81. The molecule has 1 saturated carbocycles. The van der Waals surface area contributed by atoms with E-state index in [2.05, 4.69) is 0 Å². The first-order valence-corrected chi connectivity index (χ1v) is 6.33. The van der Waals surface area contributed by atoms with E-state index in [0.717, 1.165) is 25.7 Å². The van der Waals surface area contributed by atoms with Crippen LogP contribution < -0.4 is 0 Å². The highest BCUT2D eigenvalue weighted by Crippen LogP contribution is 2.42. The van der Waals surface area contributed by atoms with Crippen LogP contribution in [0.15, 0.2) is 0 Å². The van der Waals surface area contributed by atoms with E-state index in [1.165, 1.54) is 0 Å². The van der Waals surface area contributed by atoms with Crippen molar-refractivity contribution >= 4 is 5.97 Å². The lowest BCUT2D eigenvalue weighted by atomic mass is 9.70. The Morgan fingerprint density at radius 1 is 1.25 bits per heavy atom. The second kappa shape index (κ2) is 5.17. The van der Waals surface area contributed by atoms with Gasteiger partial charge in [-0.3, -0.25) is 4.79 Å². The molecule has 1 N–H and O–H groups in total. The van der Waals surface area contributed by atoms with Crippen molar-refractivity contribution in [3.8, 4) is 0 Å². The molecular formula is C13H24O3. The minimum absolute atomic E-state index is 0.278. The van der Waals surface area contributed by atoms with Crippen molar-refractivity contribution in [3.63, 3.8) is 0 Å². The van der Waals surface area contributed by atoms with Crippen LogP contribution in [0.5, 0.6) is 0 Å². The molecule has 0 saturated heterocycles. The number of carbonyl (C=O) groups is 1. The first kappa shape index (κ1) is 13.5. The Morgan fingerprint density at radius 2 is 1.75 bits per heavy atom. The Kier molecular flexibility index (Phi) is 4.36. The van der Waals surface area contributed by atoms with E-state index < -0.39 is 11.0 Å². The minimum Gasteiger partial charge on any atom is -0.465 e. The molecule has 0 atom stereocenters. The molecule has 1 rings (SSSR count). The molecule has 94 valence electrons. The Labute approximate surface area is 98.2 Å². The molecule has 0 aromatic carbocycles. The van der Waals surface area contributed by atoms with Gasteiger partial charge in [0.05, 0.1) is 17.6 Å². The minimum atomic E-state index is -0.893. The second-order valence-electron chi connectivity index (χ2n) is 5.29. The van der Waals surface area contributed by atoms with Crippen molar-refractivity contribution < 1.29 is 14.6 Å². The van der Waals surface area contributed by atoms with E-state index in [4.69, 9.17) is 4.74 Å². The van der Waals surface area contributed by atoms with Gasteiger partial charge in [-0.2, -0.15) is 0 Å². The van der Waals surface area contributed by atoms with Gasteiger partial charge in [0.25, 0.3) is 0 Å². The number of hydrogen-bond acceptors (Lipinski definition) is 3. The zero-order valence-corrected chi connectivity index (χ0v) is 10.7. The predicted octanol–water partition coefficient (Wildman–Crippen LogP) is 2.66. The molecule has 1 fully saturated rings. The highest BCUT2D eigenvalue weighted by atomic mass is 16.5. The lowest BCUT2D eigenvalue weighted by molar-refractivity contribution is -0.172. The molecule has 0 aromatic heterocycles. The van der Waals surface area contributed by atoms with Gasteiger partial charge in [0.15, 0.2) is 0 Å². The van der Waals surface area contributed by atoms with Gasteiger partial charge in [0, 0.05) is 0 Å². The van der Waals surface area contributed by atoms with Gasteiger partial charge in [0.2, 0.25) is 0 Å². The quantitative estimate of drug-likeness (QED) is 0.596. The summed E-state index contributed by atoms with van der Waals surface area (Å²) < 4.78 is 5.07. The Bertz CT molecular complexity index is 238. The van der Waals surface area contributed by atoms with Crippen LogP contribution in [-0.2, 0) is 9.53 Å². The van der Waals surface area contributed by atoms with Gasteiger partial charge in [-0.25, -0.2) is 0 Å². The van der Waals surface area contributed by atoms with Crippen LogP contribution in [0, 0.1) is 5.41 Å². The van der Waals surface area contributed by atoms with E-state index >= 15 is 0 Å². The standard InChI is InChI=1S/C13H24O3/c1-4-16-11(14)12(2,3)13(15)9-7-5-6-8-10-13/h15H,4-10H2,1-3H3. The zero-order valence-electron chi connectivity index (χ0n) is 10.7. The molecule has 0 unspecified atom stereocenters. The summed E-state index contributed by atoms with van der Waals surface area (Å²) in [6.07, 6.45) is 5.72. The maximum Gasteiger partial charge on any atom is 0.314 e. The van der Waals surface area contributed by atoms with E-state index in [0.29, 0.717) is 19.4 Å². The SMILES string of the molecule is CCOC(=O)C(C)(C)C1(O)CCCCCC1. The summed E-state index contributed by atoms with van der Waals surface area (Å²) in [4.78, 5) is 11.9. The van der Waals surface area contributed by atoms with Gasteiger partial charge in [-0.1, -0.05) is 25.7 Å². The third kappa shape index (κ3) is 2.57. The van der Waals surface area contributed by atoms with Crippen molar-refractivity contribution in [2.75, 3.05) is 6.61 Å². The van der Waals surface area contributed by atoms with Gasteiger partial charge in [-0.15, -0.1) is 0 Å². The molecule has 0 bridgehead atoms. The average Bonchev–Trinajstić information content (AvgIpc) is 2.44. The normalized spacial score (nSPS) is 21.2. The fraction of sp³-hybridized carbons (Fsp3) is 0.923. The highest BCUT2D eigenvalue weighted by Gasteiger charge is 2.49. The molecule has 0 aromatic rings. The molecule has 16 heavy (non-hydrogen) atoms. The second-order valence-corrected chi connectivity index (χ2v) is 5.29. The lowest BCUT2D eigenvalue weighted by Crippen LogP contribution is -2.50. The van der Waals surface area contributed by atoms with Crippen LogP contribution >= 0.6 is 0 Å². The van der Waals surface area contributed by atoms with E-state index in [1.54, 1.807) is 20.8 Å². The molecule has 0 radical (unpaired) electrons. The maximum absolute atomic E-state index is 11.9. The fourth-order valence-corrected chi connectivity index (χ4v) is 2.44.